The third kappa shape index (κ3) is 5.32. The Morgan fingerprint density at radius 2 is 1.84 bits per heavy atom. The lowest BCUT2D eigenvalue weighted by atomic mass is 10.2. The second-order valence-corrected chi connectivity index (χ2v) is 8.58. The van der Waals surface area contributed by atoms with Gasteiger partial charge in [0.15, 0.2) is 0 Å². The van der Waals surface area contributed by atoms with Crippen molar-refractivity contribution < 1.29 is 17.9 Å². The van der Waals surface area contributed by atoms with E-state index in [0.717, 1.165) is 11.4 Å². The van der Waals surface area contributed by atoms with Crippen molar-refractivity contribution >= 4 is 27.4 Å². The van der Waals surface area contributed by atoms with E-state index >= 15 is 0 Å². The van der Waals surface area contributed by atoms with Crippen LogP contribution in [0.4, 0.5) is 11.5 Å². The number of benzene rings is 2. The molecule has 0 aliphatic rings. The monoisotopic (exact) mass is 440 g/mol. The normalized spacial score (nSPS) is 10.9. The van der Waals surface area contributed by atoms with E-state index in [1.807, 2.05) is 25.1 Å². The Labute approximate surface area is 181 Å². The molecule has 0 saturated carbocycles. The van der Waals surface area contributed by atoms with E-state index in [1.165, 1.54) is 25.3 Å². The van der Waals surface area contributed by atoms with Crippen LogP contribution in [0.5, 0.6) is 5.75 Å². The third-order valence-corrected chi connectivity index (χ3v) is 5.85. The van der Waals surface area contributed by atoms with Crippen molar-refractivity contribution in [2.24, 2.45) is 0 Å². The number of carbonyl (C=O) groups is 1. The number of nitrogens with one attached hydrogen (secondary N) is 2. The van der Waals surface area contributed by atoms with Gasteiger partial charge in [-0.3, -0.25) is 9.52 Å². The van der Waals surface area contributed by atoms with E-state index in [0.29, 0.717) is 11.4 Å². The number of carbonyl (C=O) groups excluding carboxylic acids is 1. The number of methoxy groups -OCH3 is 1. The molecular formula is C22H24N4O4S. The van der Waals surface area contributed by atoms with E-state index in [2.05, 4.69) is 15.0 Å². The summed E-state index contributed by atoms with van der Waals surface area (Å²) in [6.45, 7) is 0.261. The first-order valence-electron chi connectivity index (χ1n) is 9.47. The molecule has 0 atom stereocenters. The van der Waals surface area contributed by atoms with Crippen molar-refractivity contribution in [3.05, 3.63) is 78.0 Å². The number of anilines is 2. The zero-order valence-corrected chi connectivity index (χ0v) is 18.3. The Balaban J connectivity index is 1.77. The first kappa shape index (κ1) is 22.1. The van der Waals surface area contributed by atoms with Gasteiger partial charge in [-0.15, -0.1) is 0 Å². The Morgan fingerprint density at radius 1 is 1.06 bits per heavy atom. The number of rotatable bonds is 8. The van der Waals surface area contributed by atoms with Crippen LogP contribution in [0.3, 0.4) is 0 Å². The van der Waals surface area contributed by atoms with Gasteiger partial charge in [-0.1, -0.05) is 24.3 Å². The molecule has 0 saturated heterocycles. The van der Waals surface area contributed by atoms with Crippen LogP contribution in [0.25, 0.3) is 0 Å². The smallest absolute Gasteiger partial charge is 0.262 e. The Bertz CT molecular complexity index is 1180. The number of sulfonamides is 1. The lowest BCUT2D eigenvalue weighted by Crippen LogP contribution is -2.25. The van der Waals surface area contributed by atoms with E-state index in [-0.39, 0.29) is 22.9 Å². The van der Waals surface area contributed by atoms with Gasteiger partial charge in [-0.05, 0) is 36.4 Å². The van der Waals surface area contributed by atoms with Crippen molar-refractivity contribution in [2.45, 2.75) is 11.4 Å². The van der Waals surface area contributed by atoms with Gasteiger partial charge in [0.2, 0.25) is 0 Å². The summed E-state index contributed by atoms with van der Waals surface area (Å²) < 4.78 is 33.4. The standard InChI is InChI=1S/C22H24N4O4S/c1-26(2)21-17(9-7-13-23-21)15-24-22(27)16-8-6-10-18(14-16)31(28,29)25-19-11-4-5-12-20(19)30-3/h4-14,25H,15H2,1-3H3,(H,24,27). The SMILES string of the molecule is COc1ccccc1NS(=O)(=O)c1cccc(C(=O)NCc2cccnc2N(C)C)c1. The van der Waals surface area contributed by atoms with Gasteiger partial charge < -0.3 is 15.0 Å². The maximum absolute atomic E-state index is 12.8. The molecule has 0 spiro atoms. The number of nitrogens with zero attached hydrogens (tertiary/aromatic N) is 2. The highest BCUT2D eigenvalue weighted by molar-refractivity contribution is 7.92. The maximum Gasteiger partial charge on any atom is 0.262 e. The topological polar surface area (TPSA) is 101 Å². The highest BCUT2D eigenvalue weighted by Gasteiger charge is 2.18. The third-order valence-electron chi connectivity index (χ3n) is 4.49. The van der Waals surface area contributed by atoms with Crippen molar-refractivity contribution in [1.82, 2.24) is 10.3 Å². The highest BCUT2D eigenvalue weighted by atomic mass is 32.2. The molecule has 2 aromatic carbocycles. The van der Waals surface area contributed by atoms with E-state index in [1.54, 1.807) is 42.6 Å². The zero-order valence-electron chi connectivity index (χ0n) is 17.5. The van der Waals surface area contributed by atoms with Gasteiger partial charge in [-0.25, -0.2) is 13.4 Å². The summed E-state index contributed by atoms with van der Waals surface area (Å²) in [4.78, 5) is 18.8. The molecular weight excluding hydrogens is 416 g/mol. The van der Waals surface area contributed by atoms with Gasteiger partial charge in [0, 0.05) is 38.0 Å². The Morgan fingerprint density at radius 3 is 2.58 bits per heavy atom. The van der Waals surface area contributed by atoms with Gasteiger partial charge in [0.25, 0.3) is 15.9 Å². The summed E-state index contributed by atoms with van der Waals surface area (Å²) in [5.74, 6) is 0.760. The summed E-state index contributed by atoms with van der Waals surface area (Å²) in [5, 5.41) is 2.82. The van der Waals surface area contributed by atoms with Crippen molar-refractivity contribution in [3.8, 4) is 5.75 Å². The average Bonchev–Trinajstić information content (AvgIpc) is 2.77. The van der Waals surface area contributed by atoms with Gasteiger partial charge in [-0.2, -0.15) is 0 Å². The molecule has 1 heterocycles. The molecule has 0 unspecified atom stereocenters. The molecule has 0 aliphatic heterocycles. The molecule has 3 rings (SSSR count). The van der Waals surface area contributed by atoms with Crippen LogP contribution >= 0.6 is 0 Å². The van der Waals surface area contributed by atoms with E-state index < -0.39 is 10.0 Å². The molecule has 1 aromatic heterocycles. The average molecular weight is 441 g/mol. The molecule has 162 valence electrons. The first-order chi connectivity index (χ1) is 14.8. The van der Waals surface area contributed by atoms with Crippen LogP contribution in [0.1, 0.15) is 15.9 Å². The second kappa shape index (κ2) is 9.48. The van der Waals surface area contributed by atoms with Crippen LogP contribution in [0.2, 0.25) is 0 Å². The summed E-state index contributed by atoms with van der Waals surface area (Å²) in [5.41, 5.74) is 1.40. The molecule has 0 aliphatic carbocycles. The number of ether oxygens (including phenoxy) is 1. The molecule has 8 nitrogen and oxygen atoms in total. The molecule has 2 N–H and O–H groups in total. The van der Waals surface area contributed by atoms with Crippen molar-refractivity contribution in [1.29, 1.82) is 0 Å². The number of pyridine rings is 1. The van der Waals surface area contributed by atoms with Crippen LogP contribution < -0.4 is 19.7 Å². The molecule has 0 bridgehead atoms. The lowest BCUT2D eigenvalue weighted by molar-refractivity contribution is 0.0950. The van der Waals surface area contributed by atoms with E-state index in [4.69, 9.17) is 4.74 Å². The maximum atomic E-state index is 12.8. The molecule has 31 heavy (non-hydrogen) atoms. The lowest BCUT2D eigenvalue weighted by Gasteiger charge is -2.16. The minimum Gasteiger partial charge on any atom is -0.495 e. The minimum absolute atomic E-state index is 0.0265. The number of para-hydroxylation sites is 2. The minimum atomic E-state index is -3.91. The summed E-state index contributed by atoms with van der Waals surface area (Å²) in [7, 11) is 1.29. The fourth-order valence-electron chi connectivity index (χ4n) is 2.99. The van der Waals surface area contributed by atoms with Crippen LogP contribution in [0, 0.1) is 0 Å². The fourth-order valence-corrected chi connectivity index (χ4v) is 4.10. The molecule has 3 aromatic rings. The van der Waals surface area contributed by atoms with Gasteiger partial charge >= 0.3 is 0 Å². The summed E-state index contributed by atoms with van der Waals surface area (Å²) >= 11 is 0. The van der Waals surface area contributed by atoms with Crippen molar-refractivity contribution in [3.63, 3.8) is 0 Å². The summed E-state index contributed by atoms with van der Waals surface area (Å²) in [6, 6.07) is 16.2. The summed E-state index contributed by atoms with van der Waals surface area (Å²) in [6.07, 6.45) is 1.68. The zero-order chi connectivity index (χ0) is 22.4. The van der Waals surface area contributed by atoms with E-state index in [9.17, 15) is 13.2 Å². The molecule has 0 radical (unpaired) electrons. The predicted molar refractivity (Wildman–Crippen MR) is 120 cm³/mol. The second-order valence-electron chi connectivity index (χ2n) is 6.90. The largest absolute Gasteiger partial charge is 0.495 e. The molecule has 0 fully saturated rings. The Hall–Kier alpha value is -3.59. The highest BCUT2D eigenvalue weighted by Crippen LogP contribution is 2.26. The first-order valence-corrected chi connectivity index (χ1v) is 11.0. The molecule has 9 heteroatoms. The number of hydrogen-bond acceptors (Lipinski definition) is 6. The number of hydrogen-bond donors (Lipinski definition) is 2. The predicted octanol–water partition coefficient (Wildman–Crippen LogP) is 2.89. The number of aromatic nitrogens is 1. The van der Waals surface area contributed by atoms with Gasteiger partial charge in [0.05, 0.1) is 17.7 Å². The quantitative estimate of drug-likeness (QED) is 0.559. The fraction of sp³-hybridized carbons (Fsp3) is 0.182. The van der Waals surface area contributed by atoms with Crippen LogP contribution in [-0.4, -0.2) is 40.5 Å². The van der Waals surface area contributed by atoms with Crippen LogP contribution in [0.15, 0.2) is 71.8 Å². The van der Waals surface area contributed by atoms with Gasteiger partial charge in [0.1, 0.15) is 11.6 Å². The van der Waals surface area contributed by atoms with Crippen LogP contribution in [-0.2, 0) is 16.6 Å². The molecule has 1 amide bonds. The van der Waals surface area contributed by atoms with Crippen molar-refractivity contribution in [2.75, 3.05) is 30.8 Å². The number of amides is 1. The Kier molecular flexibility index (Phi) is 6.76.